The Balaban J connectivity index is 1.95. The van der Waals surface area contributed by atoms with Crippen LogP contribution >= 0.6 is 0 Å². The molecule has 1 aliphatic heterocycles. The van der Waals surface area contributed by atoms with E-state index in [0.29, 0.717) is 5.78 Å². The van der Waals surface area contributed by atoms with Crippen LogP contribution in [0.5, 0.6) is 0 Å². The van der Waals surface area contributed by atoms with Gasteiger partial charge in [-0.1, -0.05) is 0 Å². The van der Waals surface area contributed by atoms with Crippen molar-refractivity contribution in [2.24, 2.45) is 0 Å². The fourth-order valence-electron chi connectivity index (χ4n) is 1.75. The van der Waals surface area contributed by atoms with E-state index in [2.05, 4.69) is 0 Å². The molecule has 2 rings (SSSR count). The van der Waals surface area contributed by atoms with Gasteiger partial charge in [-0.05, 0) is 0 Å². The molecule has 0 N–H and O–H groups in total. The van der Waals surface area contributed by atoms with Crippen LogP contribution in [0, 0.1) is 0 Å². The summed E-state index contributed by atoms with van der Waals surface area (Å²) in [6, 6.07) is 9.72. The second-order valence-electron chi connectivity index (χ2n) is 3.66. The van der Waals surface area contributed by atoms with Gasteiger partial charge in [0, 0.05) is 0 Å². The maximum atomic E-state index is 11.8. The Labute approximate surface area is 89.4 Å². The average molecular weight is 254 g/mol. The van der Waals surface area contributed by atoms with Crippen molar-refractivity contribution in [1.29, 1.82) is 0 Å². The van der Waals surface area contributed by atoms with Crippen LogP contribution in [0.2, 0.25) is 16.0 Å². The van der Waals surface area contributed by atoms with Crippen LogP contribution in [0.3, 0.4) is 0 Å². The van der Waals surface area contributed by atoms with E-state index in [4.69, 9.17) is 0 Å². The van der Waals surface area contributed by atoms with Gasteiger partial charge in [0.25, 0.3) is 0 Å². The van der Waals surface area contributed by atoms with E-state index in [1.165, 1.54) is 23.5 Å². The predicted molar refractivity (Wildman–Crippen MR) is 60.2 cm³/mol. The molecule has 14 heavy (non-hydrogen) atoms. The standard InChI is InChI=1S/C12H15OSe/c13-12(10-14-8-4-5-9-14)11-6-2-1-3-7-11/h1-3,6-7H,4-5,8-10H2. The first-order valence-corrected chi connectivity index (χ1v) is 8.72. The fraction of sp³-hybridized carbons (Fsp3) is 0.417. The topological polar surface area (TPSA) is 17.1 Å². The molecule has 0 bridgehead atoms. The monoisotopic (exact) mass is 255 g/mol. The molecule has 0 amide bonds. The van der Waals surface area contributed by atoms with E-state index >= 15 is 0 Å². The Morgan fingerprint density at radius 3 is 2.43 bits per heavy atom. The first-order chi connectivity index (χ1) is 6.86. The Morgan fingerprint density at radius 1 is 1.14 bits per heavy atom. The molecule has 1 saturated heterocycles. The van der Waals surface area contributed by atoms with Crippen molar-refractivity contribution in [3.63, 3.8) is 0 Å². The van der Waals surface area contributed by atoms with Gasteiger partial charge in [-0.3, -0.25) is 0 Å². The van der Waals surface area contributed by atoms with Gasteiger partial charge in [0.1, 0.15) is 0 Å². The summed E-state index contributed by atoms with van der Waals surface area (Å²) < 4.78 is 0. The van der Waals surface area contributed by atoms with Crippen LogP contribution < -0.4 is 0 Å². The van der Waals surface area contributed by atoms with Gasteiger partial charge < -0.3 is 0 Å². The molecule has 1 aromatic carbocycles. The molecule has 1 aliphatic rings. The van der Waals surface area contributed by atoms with Gasteiger partial charge in [-0.2, -0.15) is 0 Å². The van der Waals surface area contributed by atoms with E-state index in [1.807, 2.05) is 30.3 Å². The van der Waals surface area contributed by atoms with E-state index in [9.17, 15) is 4.79 Å². The van der Waals surface area contributed by atoms with E-state index in [0.717, 1.165) is 10.9 Å². The van der Waals surface area contributed by atoms with Crippen molar-refractivity contribution in [3.8, 4) is 0 Å². The molecule has 0 atom stereocenters. The Morgan fingerprint density at radius 2 is 1.79 bits per heavy atom. The average Bonchev–Trinajstić information content (AvgIpc) is 2.72. The van der Waals surface area contributed by atoms with Gasteiger partial charge in [0.05, 0.1) is 0 Å². The third-order valence-corrected chi connectivity index (χ3v) is 7.59. The summed E-state index contributed by atoms with van der Waals surface area (Å²) in [7, 11) is 0. The third-order valence-electron chi connectivity index (χ3n) is 2.55. The Hall–Kier alpha value is -0.591. The molecule has 1 nitrogen and oxygen atoms in total. The molecule has 75 valence electrons. The van der Waals surface area contributed by atoms with Crippen LogP contribution in [-0.2, 0) is 0 Å². The van der Waals surface area contributed by atoms with Crippen molar-refractivity contribution in [2.45, 2.75) is 28.8 Å². The normalized spacial score (nSPS) is 17.1. The number of ketones is 1. The van der Waals surface area contributed by atoms with E-state index in [1.54, 1.807) is 0 Å². The first-order valence-electron chi connectivity index (χ1n) is 5.08. The first kappa shape index (κ1) is 9.95. The van der Waals surface area contributed by atoms with E-state index in [-0.39, 0.29) is 0 Å². The van der Waals surface area contributed by atoms with Crippen molar-refractivity contribution < 1.29 is 4.79 Å². The Kier molecular flexibility index (Phi) is 3.39. The van der Waals surface area contributed by atoms with Crippen LogP contribution in [0.4, 0.5) is 0 Å². The summed E-state index contributed by atoms with van der Waals surface area (Å²) >= 11 is -0.527. The van der Waals surface area contributed by atoms with Gasteiger partial charge >= 0.3 is 89.2 Å². The zero-order chi connectivity index (χ0) is 9.80. The van der Waals surface area contributed by atoms with Crippen molar-refractivity contribution in [2.75, 3.05) is 0 Å². The molecule has 1 aromatic rings. The molecular weight excluding hydrogens is 239 g/mol. The van der Waals surface area contributed by atoms with Gasteiger partial charge in [-0.15, -0.1) is 0 Å². The SMILES string of the molecule is O=C(C[Se]1CCCC1)c1ccccc1. The number of Topliss-reactive ketones (excluding diaryl/α,β-unsaturated/α-hetero) is 1. The summed E-state index contributed by atoms with van der Waals surface area (Å²) in [6.07, 6.45) is 2.74. The van der Waals surface area contributed by atoms with Crippen LogP contribution in [0.1, 0.15) is 23.2 Å². The zero-order valence-corrected chi connectivity index (χ0v) is 9.95. The van der Waals surface area contributed by atoms with Crippen LogP contribution in [-0.4, -0.2) is 19.7 Å². The minimum atomic E-state index is -0.527. The van der Waals surface area contributed by atoms with Crippen molar-refractivity contribution >= 4 is 19.7 Å². The molecule has 0 aromatic heterocycles. The number of carbonyl (C=O) groups excluding carboxylic acids is 1. The quantitative estimate of drug-likeness (QED) is 0.598. The molecule has 1 fully saturated rings. The Bertz CT molecular complexity index is 301. The molecule has 0 aliphatic carbocycles. The third kappa shape index (κ3) is 2.46. The van der Waals surface area contributed by atoms with E-state index < -0.39 is 13.9 Å². The molecule has 0 saturated carbocycles. The summed E-state index contributed by atoms with van der Waals surface area (Å²) in [5.41, 5.74) is 0.906. The predicted octanol–water partition coefficient (Wildman–Crippen LogP) is 3.16. The summed E-state index contributed by atoms with van der Waals surface area (Å²) in [5, 5.41) is 3.63. The summed E-state index contributed by atoms with van der Waals surface area (Å²) in [4.78, 5) is 11.8. The fourth-order valence-corrected chi connectivity index (χ4v) is 6.48. The van der Waals surface area contributed by atoms with Gasteiger partial charge in [0.2, 0.25) is 0 Å². The second-order valence-corrected chi connectivity index (χ2v) is 8.55. The zero-order valence-electron chi connectivity index (χ0n) is 8.24. The maximum absolute atomic E-state index is 11.8. The molecule has 0 unspecified atom stereocenters. The summed E-state index contributed by atoms with van der Waals surface area (Å²) in [6.45, 7) is 0. The van der Waals surface area contributed by atoms with Gasteiger partial charge in [-0.25, -0.2) is 0 Å². The molecule has 0 spiro atoms. The molecule has 1 heterocycles. The molecule has 1 radical (unpaired) electrons. The number of hydrogen-bond acceptors (Lipinski definition) is 1. The minimum absolute atomic E-state index is 0.373. The van der Waals surface area contributed by atoms with Crippen molar-refractivity contribution in [3.05, 3.63) is 35.9 Å². The molecular formula is C12H15OSe. The summed E-state index contributed by atoms with van der Waals surface area (Å²) in [5.74, 6) is 0.373. The van der Waals surface area contributed by atoms with Gasteiger partial charge in [0.15, 0.2) is 0 Å². The number of rotatable bonds is 3. The number of hydrogen-bond donors (Lipinski definition) is 0. The number of benzene rings is 1. The van der Waals surface area contributed by atoms with Crippen LogP contribution in [0.15, 0.2) is 30.3 Å². The second kappa shape index (κ2) is 4.77. The van der Waals surface area contributed by atoms with Crippen LogP contribution in [0.25, 0.3) is 0 Å². The number of carbonyl (C=O) groups is 1. The van der Waals surface area contributed by atoms with Crippen molar-refractivity contribution in [1.82, 2.24) is 0 Å². The molecule has 2 heteroatoms.